The van der Waals surface area contributed by atoms with Gasteiger partial charge in [0.15, 0.2) is 0 Å². The van der Waals surface area contributed by atoms with E-state index in [0.29, 0.717) is 5.92 Å². The molecule has 5 heteroatoms. The first-order chi connectivity index (χ1) is 6.88. The lowest BCUT2D eigenvalue weighted by atomic mass is 10.0. The Morgan fingerprint density at radius 1 is 1.40 bits per heavy atom. The van der Waals surface area contributed by atoms with Crippen LogP contribution in [0.15, 0.2) is 24.3 Å². The van der Waals surface area contributed by atoms with Gasteiger partial charge in [0, 0.05) is 6.54 Å². The molecule has 0 atom stereocenters. The van der Waals surface area contributed by atoms with Crippen molar-refractivity contribution >= 4 is 10.2 Å². The highest BCUT2D eigenvalue weighted by molar-refractivity contribution is 7.87. The summed E-state index contributed by atoms with van der Waals surface area (Å²) < 4.78 is 23.6. The molecule has 0 aliphatic rings. The third-order valence-corrected chi connectivity index (χ3v) is 2.64. The molecule has 15 heavy (non-hydrogen) atoms. The molecule has 1 rings (SSSR count). The van der Waals surface area contributed by atoms with Crippen molar-refractivity contribution in [1.29, 1.82) is 0 Å². The van der Waals surface area contributed by atoms with Gasteiger partial charge in [0.1, 0.15) is 0 Å². The zero-order chi connectivity index (χ0) is 11.5. The highest BCUT2D eigenvalue weighted by Gasteiger charge is 2.03. The van der Waals surface area contributed by atoms with Gasteiger partial charge in [-0.2, -0.15) is 13.1 Å². The second-order valence-corrected chi connectivity index (χ2v) is 5.14. The van der Waals surface area contributed by atoms with E-state index in [1.165, 1.54) is 5.56 Å². The predicted molar refractivity (Wildman–Crippen MR) is 60.5 cm³/mol. The minimum absolute atomic E-state index is 0.236. The van der Waals surface area contributed by atoms with Gasteiger partial charge in [-0.3, -0.25) is 0 Å². The highest BCUT2D eigenvalue weighted by Crippen LogP contribution is 2.15. The Bertz CT molecular complexity index is 427. The quantitative estimate of drug-likeness (QED) is 0.810. The summed E-state index contributed by atoms with van der Waals surface area (Å²) in [7, 11) is -3.61. The summed E-state index contributed by atoms with van der Waals surface area (Å²) >= 11 is 0. The average molecular weight is 228 g/mol. The fourth-order valence-corrected chi connectivity index (χ4v) is 1.61. The molecule has 0 fully saturated rings. The fraction of sp³-hybridized carbons (Fsp3) is 0.400. The lowest BCUT2D eigenvalue weighted by Gasteiger charge is -2.08. The van der Waals surface area contributed by atoms with Gasteiger partial charge in [-0.25, -0.2) is 5.14 Å². The molecule has 0 saturated carbocycles. The molecular formula is C10H16N2O2S. The van der Waals surface area contributed by atoms with Crippen LogP contribution in [0.4, 0.5) is 0 Å². The SMILES string of the molecule is CC(C)c1cccc(CNS(N)(=O)=O)c1. The summed E-state index contributed by atoms with van der Waals surface area (Å²) in [6.07, 6.45) is 0. The normalized spacial score (nSPS) is 12.0. The molecule has 0 spiro atoms. The molecule has 0 aromatic heterocycles. The Morgan fingerprint density at radius 2 is 2.07 bits per heavy atom. The lowest BCUT2D eigenvalue weighted by Crippen LogP contribution is -2.30. The average Bonchev–Trinajstić information content (AvgIpc) is 2.14. The zero-order valence-electron chi connectivity index (χ0n) is 8.90. The minimum atomic E-state index is -3.61. The maximum Gasteiger partial charge on any atom is 0.274 e. The van der Waals surface area contributed by atoms with Gasteiger partial charge in [0.05, 0.1) is 0 Å². The van der Waals surface area contributed by atoms with Gasteiger partial charge in [0.25, 0.3) is 10.2 Å². The van der Waals surface area contributed by atoms with Crippen LogP contribution < -0.4 is 9.86 Å². The first-order valence-electron chi connectivity index (χ1n) is 4.75. The molecule has 0 aliphatic carbocycles. The van der Waals surface area contributed by atoms with Crippen LogP contribution >= 0.6 is 0 Å². The van der Waals surface area contributed by atoms with E-state index in [4.69, 9.17) is 5.14 Å². The molecule has 0 saturated heterocycles. The van der Waals surface area contributed by atoms with Crippen LogP contribution in [-0.2, 0) is 16.8 Å². The summed E-state index contributed by atoms with van der Waals surface area (Å²) in [5, 5.41) is 4.84. The standard InChI is InChI=1S/C10H16N2O2S/c1-8(2)10-5-3-4-9(6-10)7-12-15(11,13)14/h3-6,8,12H,7H2,1-2H3,(H2,11,13,14). The maximum absolute atomic E-state index is 10.7. The Labute approximate surface area is 90.7 Å². The van der Waals surface area contributed by atoms with E-state index in [9.17, 15) is 8.42 Å². The van der Waals surface area contributed by atoms with Crippen molar-refractivity contribution < 1.29 is 8.42 Å². The molecule has 0 radical (unpaired) electrons. The van der Waals surface area contributed by atoms with Crippen molar-refractivity contribution in [2.75, 3.05) is 0 Å². The first-order valence-corrected chi connectivity index (χ1v) is 6.29. The van der Waals surface area contributed by atoms with Crippen LogP contribution in [-0.4, -0.2) is 8.42 Å². The third kappa shape index (κ3) is 4.42. The molecule has 1 aromatic rings. The molecule has 0 heterocycles. The number of rotatable bonds is 4. The van der Waals surface area contributed by atoms with E-state index in [0.717, 1.165) is 5.56 Å². The first kappa shape index (κ1) is 12.2. The van der Waals surface area contributed by atoms with Gasteiger partial charge >= 0.3 is 0 Å². The Kier molecular flexibility index (Phi) is 3.84. The number of nitrogens with one attached hydrogen (secondary N) is 1. The second-order valence-electron chi connectivity index (χ2n) is 3.77. The summed E-state index contributed by atoms with van der Waals surface area (Å²) in [4.78, 5) is 0. The van der Waals surface area contributed by atoms with Crippen molar-refractivity contribution in [2.24, 2.45) is 5.14 Å². The van der Waals surface area contributed by atoms with E-state index in [1.54, 1.807) is 0 Å². The van der Waals surface area contributed by atoms with Crippen molar-refractivity contribution in [1.82, 2.24) is 4.72 Å². The van der Waals surface area contributed by atoms with Crippen LogP contribution in [0.3, 0.4) is 0 Å². The second kappa shape index (κ2) is 4.74. The fourth-order valence-electron chi connectivity index (χ4n) is 1.25. The van der Waals surface area contributed by atoms with Crippen LogP contribution in [0, 0.1) is 0 Å². The van der Waals surface area contributed by atoms with Gasteiger partial charge < -0.3 is 0 Å². The molecule has 84 valence electrons. The smallest absolute Gasteiger partial charge is 0.216 e. The van der Waals surface area contributed by atoms with Crippen LogP contribution in [0.5, 0.6) is 0 Å². The molecule has 0 aliphatic heterocycles. The van der Waals surface area contributed by atoms with Crippen molar-refractivity contribution in [3.8, 4) is 0 Å². The topological polar surface area (TPSA) is 72.2 Å². The Balaban J connectivity index is 2.74. The molecule has 1 aromatic carbocycles. The summed E-state index contributed by atoms with van der Waals surface area (Å²) in [5.74, 6) is 0.430. The largest absolute Gasteiger partial charge is 0.274 e. The number of benzene rings is 1. The zero-order valence-corrected chi connectivity index (χ0v) is 9.71. The summed E-state index contributed by atoms with van der Waals surface area (Å²) in [6.45, 7) is 4.41. The Morgan fingerprint density at radius 3 is 2.60 bits per heavy atom. The van der Waals surface area contributed by atoms with Crippen molar-refractivity contribution in [2.45, 2.75) is 26.3 Å². The van der Waals surface area contributed by atoms with Crippen molar-refractivity contribution in [3.63, 3.8) is 0 Å². The molecular weight excluding hydrogens is 212 g/mol. The molecule has 0 amide bonds. The van der Waals surface area contributed by atoms with E-state index in [1.807, 2.05) is 24.3 Å². The third-order valence-electron chi connectivity index (χ3n) is 2.10. The number of hydrogen-bond donors (Lipinski definition) is 2. The number of nitrogens with two attached hydrogens (primary N) is 1. The molecule has 0 unspecified atom stereocenters. The highest BCUT2D eigenvalue weighted by atomic mass is 32.2. The monoisotopic (exact) mass is 228 g/mol. The Hall–Kier alpha value is -0.910. The van der Waals surface area contributed by atoms with Gasteiger partial charge in [-0.1, -0.05) is 38.1 Å². The minimum Gasteiger partial charge on any atom is -0.216 e. The van der Waals surface area contributed by atoms with Crippen LogP contribution in [0.25, 0.3) is 0 Å². The van der Waals surface area contributed by atoms with Crippen LogP contribution in [0.1, 0.15) is 30.9 Å². The van der Waals surface area contributed by atoms with Crippen LogP contribution in [0.2, 0.25) is 0 Å². The van der Waals surface area contributed by atoms with Gasteiger partial charge in [-0.15, -0.1) is 0 Å². The summed E-state index contributed by atoms with van der Waals surface area (Å²) in [5.41, 5.74) is 2.10. The molecule has 0 bridgehead atoms. The van der Waals surface area contributed by atoms with E-state index in [-0.39, 0.29) is 6.54 Å². The number of hydrogen-bond acceptors (Lipinski definition) is 2. The predicted octanol–water partition coefficient (Wildman–Crippen LogP) is 1.10. The van der Waals surface area contributed by atoms with E-state index >= 15 is 0 Å². The van der Waals surface area contributed by atoms with Crippen molar-refractivity contribution in [3.05, 3.63) is 35.4 Å². The van der Waals surface area contributed by atoms with Gasteiger partial charge in [-0.05, 0) is 17.0 Å². The van der Waals surface area contributed by atoms with Gasteiger partial charge in [0.2, 0.25) is 0 Å². The van der Waals surface area contributed by atoms with E-state index in [2.05, 4.69) is 18.6 Å². The van der Waals surface area contributed by atoms with E-state index < -0.39 is 10.2 Å². The lowest BCUT2D eigenvalue weighted by molar-refractivity contribution is 0.583. The maximum atomic E-state index is 10.7. The molecule has 4 nitrogen and oxygen atoms in total. The molecule has 3 N–H and O–H groups in total. The summed E-state index contributed by atoms with van der Waals surface area (Å²) in [6, 6.07) is 7.77.